The molecule has 104 valence electrons. The maximum atomic E-state index is 11.4. The fraction of sp³-hybridized carbons (Fsp3) is 0.933. The van der Waals surface area contributed by atoms with Gasteiger partial charge in [0.05, 0.1) is 5.92 Å². The first-order chi connectivity index (χ1) is 8.61. The Hall–Kier alpha value is -0.570. The molecule has 2 aliphatic rings. The third-order valence-corrected chi connectivity index (χ3v) is 4.86. The van der Waals surface area contributed by atoms with E-state index in [2.05, 4.69) is 18.7 Å². The summed E-state index contributed by atoms with van der Waals surface area (Å²) < 4.78 is 0. The van der Waals surface area contributed by atoms with Gasteiger partial charge >= 0.3 is 5.97 Å². The van der Waals surface area contributed by atoms with E-state index >= 15 is 0 Å². The summed E-state index contributed by atoms with van der Waals surface area (Å²) in [6.45, 7) is 6.72. The van der Waals surface area contributed by atoms with Crippen LogP contribution in [0.2, 0.25) is 0 Å². The van der Waals surface area contributed by atoms with Crippen LogP contribution in [0.3, 0.4) is 0 Å². The molecular weight excluding hydrogens is 226 g/mol. The maximum absolute atomic E-state index is 11.4. The zero-order chi connectivity index (χ0) is 13.1. The molecule has 1 aliphatic heterocycles. The van der Waals surface area contributed by atoms with Gasteiger partial charge in [-0.1, -0.05) is 26.7 Å². The lowest BCUT2D eigenvalue weighted by molar-refractivity contribution is -0.146. The van der Waals surface area contributed by atoms with Crippen molar-refractivity contribution in [3.8, 4) is 0 Å². The maximum Gasteiger partial charge on any atom is 0.308 e. The first-order valence-electron chi connectivity index (χ1n) is 7.58. The second-order valence-electron chi connectivity index (χ2n) is 6.37. The second-order valence-corrected chi connectivity index (χ2v) is 6.37. The molecule has 1 aliphatic carbocycles. The highest BCUT2D eigenvalue weighted by Crippen LogP contribution is 2.36. The average Bonchev–Trinajstić information content (AvgIpc) is 2.76. The van der Waals surface area contributed by atoms with Gasteiger partial charge in [0, 0.05) is 12.6 Å². The molecule has 4 unspecified atom stereocenters. The Balaban J connectivity index is 2.02. The minimum Gasteiger partial charge on any atom is -0.481 e. The highest BCUT2D eigenvalue weighted by atomic mass is 16.4. The van der Waals surface area contributed by atoms with Crippen molar-refractivity contribution in [1.29, 1.82) is 0 Å². The number of carboxylic acid groups (broad SMARTS) is 1. The van der Waals surface area contributed by atoms with E-state index in [0.29, 0.717) is 6.04 Å². The molecule has 18 heavy (non-hydrogen) atoms. The van der Waals surface area contributed by atoms with Crippen molar-refractivity contribution >= 4 is 5.97 Å². The molecule has 0 aromatic heterocycles. The van der Waals surface area contributed by atoms with Crippen LogP contribution in [0.4, 0.5) is 0 Å². The average molecular weight is 253 g/mol. The molecule has 0 aromatic rings. The Kier molecular flexibility index (Phi) is 4.66. The van der Waals surface area contributed by atoms with E-state index in [1.165, 1.54) is 19.3 Å². The van der Waals surface area contributed by atoms with Gasteiger partial charge in [-0.2, -0.15) is 0 Å². The molecule has 2 rings (SSSR count). The largest absolute Gasteiger partial charge is 0.481 e. The molecule has 0 radical (unpaired) electrons. The zero-order valence-corrected chi connectivity index (χ0v) is 11.8. The van der Waals surface area contributed by atoms with Gasteiger partial charge in [0.15, 0.2) is 0 Å². The molecule has 1 saturated carbocycles. The zero-order valence-electron chi connectivity index (χ0n) is 11.8. The molecule has 0 spiro atoms. The summed E-state index contributed by atoms with van der Waals surface area (Å²) in [7, 11) is 0. The highest BCUT2D eigenvalue weighted by Gasteiger charge is 2.39. The van der Waals surface area contributed by atoms with Crippen molar-refractivity contribution in [3.05, 3.63) is 0 Å². The Morgan fingerprint density at radius 3 is 2.67 bits per heavy atom. The number of nitrogens with zero attached hydrogens (tertiary/aromatic N) is 1. The lowest BCUT2D eigenvalue weighted by Crippen LogP contribution is -2.46. The summed E-state index contributed by atoms with van der Waals surface area (Å²) >= 11 is 0. The van der Waals surface area contributed by atoms with E-state index in [1.807, 2.05) is 0 Å². The van der Waals surface area contributed by atoms with Crippen LogP contribution in [0.1, 0.15) is 52.4 Å². The van der Waals surface area contributed by atoms with Gasteiger partial charge < -0.3 is 5.11 Å². The van der Waals surface area contributed by atoms with Crippen molar-refractivity contribution in [2.75, 3.05) is 13.1 Å². The van der Waals surface area contributed by atoms with E-state index in [-0.39, 0.29) is 5.92 Å². The van der Waals surface area contributed by atoms with Gasteiger partial charge in [-0.3, -0.25) is 9.69 Å². The number of rotatable bonds is 4. The molecule has 0 amide bonds. The Labute approximate surface area is 111 Å². The number of likely N-dealkylation sites (tertiary alicyclic amines) is 1. The van der Waals surface area contributed by atoms with Crippen LogP contribution in [0.15, 0.2) is 0 Å². The van der Waals surface area contributed by atoms with Gasteiger partial charge in [-0.15, -0.1) is 0 Å². The van der Waals surface area contributed by atoms with Crippen LogP contribution >= 0.6 is 0 Å². The molecule has 0 aromatic carbocycles. The molecule has 1 saturated heterocycles. The number of hydrogen-bond acceptors (Lipinski definition) is 2. The van der Waals surface area contributed by atoms with Gasteiger partial charge in [-0.05, 0) is 44.1 Å². The van der Waals surface area contributed by atoms with Crippen molar-refractivity contribution in [2.45, 2.75) is 58.4 Å². The minimum atomic E-state index is -0.575. The molecule has 3 nitrogen and oxygen atoms in total. The van der Waals surface area contributed by atoms with Crippen molar-refractivity contribution in [1.82, 2.24) is 4.90 Å². The summed E-state index contributed by atoms with van der Waals surface area (Å²) in [6.07, 6.45) is 6.84. The minimum absolute atomic E-state index is 0.122. The predicted molar refractivity (Wildman–Crippen MR) is 72.5 cm³/mol. The molecule has 1 N–H and O–H groups in total. The first-order valence-corrected chi connectivity index (χ1v) is 7.58. The predicted octanol–water partition coefficient (Wildman–Crippen LogP) is 3.00. The molecule has 0 bridgehead atoms. The Morgan fingerprint density at radius 1 is 1.33 bits per heavy atom. The Bertz CT molecular complexity index is 292. The van der Waals surface area contributed by atoms with E-state index < -0.39 is 5.97 Å². The van der Waals surface area contributed by atoms with E-state index in [1.54, 1.807) is 0 Å². The summed E-state index contributed by atoms with van der Waals surface area (Å²) in [5, 5.41) is 9.42. The smallest absolute Gasteiger partial charge is 0.308 e. The second kappa shape index (κ2) is 6.05. The first kappa shape index (κ1) is 13.9. The summed E-state index contributed by atoms with van der Waals surface area (Å²) in [4.78, 5) is 13.9. The topological polar surface area (TPSA) is 40.5 Å². The van der Waals surface area contributed by atoms with Gasteiger partial charge in [-0.25, -0.2) is 0 Å². The lowest BCUT2D eigenvalue weighted by Gasteiger charge is -2.39. The standard InChI is InChI=1S/C15H27NO2/c1-3-4-12-5-6-13(15(17)18)14(9-12)16-8-7-11(2)10-16/h11-14H,3-10H2,1-2H3,(H,17,18). The highest BCUT2D eigenvalue weighted by molar-refractivity contribution is 5.71. The normalized spacial score (nSPS) is 37.9. The van der Waals surface area contributed by atoms with Gasteiger partial charge in [0.2, 0.25) is 0 Å². The quantitative estimate of drug-likeness (QED) is 0.837. The van der Waals surface area contributed by atoms with E-state index in [0.717, 1.165) is 44.2 Å². The van der Waals surface area contributed by atoms with Crippen LogP contribution in [0.5, 0.6) is 0 Å². The molecule has 4 atom stereocenters. The summed E-state index contributed by atoms with van der Waals surface area (Å²) in [5.41, 5.74) is 0. The van der Waals surface area contributed by atoms with E-state index in [9.17, 15) is 9.90 Å². The fourth-order valence-corrected chi connectivity index (χ4v) is 3.86. The van der Waals surface area contributed by atoms with Crippen molar-refractivity contribution < 1.29 is 9.90 Å². The summed E-state index contributed by atoms with van der Waals surface area (Å²) in [6, 6.07) is 0.303. The number of carbonyl (C=O) groups is 1. The van der Waals surface area contributed by atoms with Crippen LogP contribution in [-0.4, -0.2) is 35.1 Å². The van der Waals surface area contributed by atoms with Crippen molar-refractivity contribution in [2.24, 2.45) is 17.8 Å². The Morgan fingerprint density at radius 2 is 2.11 bits per heavy atom. The molecular formula is C15H27NO2. The molecule has 1 heterocycles. The fourth-order valence-electron chi connectivity index (χ4n) is 3.86. The van der Waals surface area contributed by atoms with Crippen molar-refractivity contribution in [3.63, 3.8) is 0 Å². The lowest BCUT2D eigenvalue weighted by atomic mass is 9.76. The van der Waals surface area contributed by atoms with E-state index in [4.69, 9.17) is 0 Å². The number of carboxylic acids is 1. The van der Waals surface area contributed by atoms with Crippen LogP contribution in [-0.2, 0) is 4.79 Å². The van der Waals surface area contributed by atoms with Gasteiger partial charge in [0.25, 0.3) is 0 Å². The monoisotopic (exact) mass is 253 g/mol. The molecule has 3 heteroatoms. The molecule has 2 fully saturated rings. The van der Waals surface area contributed by atoms with Crippen LogP contribution in [0.25, 0.3) is 0 Å². The van der Waals surface area contributed by atoms with Crippen LogP contribution in [0, 0.1) is 17.8 Å². The van der Waals surface area contributed by atoms with Gasteiger partial charge in [0.1, 0.15) is 0 Å². The SMILES string of the molecule is CCCC1CCC(C(=O)O)C(N2CCC(C)C2)C1. The third kappa shape index (κ3) is 3.05. The third-order valence-electron chi connectivity index (χ3n) is 4.86. The van der Waals surface area contributed by atoms with Crippen LogP contribution < -0.4 is 0 Å². The number of hydrogen-bond donors (Lipinski definition) is 1. The summed E-state index contributed by atoms with van der Waals surface area (Å²) in [5.74, 6) is 0.801. The number of aliphatic carboxylic acids is 1.